The monoisotopic (exact) mass is 840 g/mol. The van der Waals surface area contributed by atoms with Crippen molar-refractivity contribution in [2.75, 3.05) is 0 Å². The van der Waals surface area contributed by atoms with Gasteiger partial charge in [0.25, 0.3) is 0 Å². The first kappa shape index (κ1) is 47.3. The van der Waals surface area contributed by atoms with Crippen LogP contribution in [0.2, 0.25) is 0 Å². The van der Waals surface area contributed by atoms with Gasteiger partial charge in [0.1, 0.15) is 11.9 Å². The Labute approximate surface area is 359 Å². The van der Waals surface area contributed by atoms with Gasteiger partial charge in [-0.15, -0.1) is 0 Å². The summed E-state index contributed by atoms with van der Waals surface area (Å²) in [6.45, 7) is 20.5. The molecule has 1 aromatic carbocycles. The number of hydrogen-bond acceptors (Lipinski definition) is 10. The van der Waals surface area contributed by atoms with E-state index < -0.39 is 52.9 Å². The molecule has 60 heavy (non-hydrogen) atoms. The number of nitrogens with one attached hydrogen (secondary N) is 1. The third-order valence-electron chi connectivity index (χ3n) is 15.8. The van der Waals surface area contributed by atoms with Crippen LogP contribution in [0.4, 0.5) is 0 Å². The van der Waals surface area contributed by atoms with Crippen LogP contribution in [0.5, 0.6) is 0 Å². The molecule has 0 bridgehead atoms. The maximum Gasteiger partial charge on any atom is 0.225 e. The summed E-state index contributed by atoms with van der Waals surface area (Å²) in [4.78, 5) is 28.1. The fourth-order valence-electron chi connectivity index (χ4n) is 11.4. The van der Waals surface area contributed by atoms with E-state index in [1.807, 2.05) is 84.9 Å². The molecule has 338 valence electrons. The molecule has 4 N–H and O–H groups in total. The maximum absolute atomic E-state index is 14.6. The van der Waals surface area contributed by atoms with Crippen LogP contribution >= 0.6 is 0 Å². The highest BCUT2D eigenvalue weighted by Crippen LogP contribution is 2.54. The van der Waals surface area contributed by atoms with Crippen molar-refractivity contribution in [3.63, 3.8) is 0 Å². The van der Waals surface area contributed by atoms with Crippen LogP contribution in [-0.2, 0) is 39.8 Å². The van der Waals surface area contributed by atoms with E-state index in [2.05, 4.69) is 26.1 Å². The summed E-state index contributed by atoms with van der Waals surface area (Å²) in [6.07, 6.45) is 6.17. The van der Waals surface area contributed by atoms with Gasteiger partial charge in [-0.2, -0.15) is 0 Å². The maximum atomic E-state index is 14.6. The van der Waals surface area contributed by atoms with Gasteiger partial charge in [0, 0.05) is 36.6 Å². The molecular weight excluding hydrogens is 763 g/mol. The number of rotatable bonds is 14. The van der Waals surface area contributed by atoms with E-state index in [0.29, 0.717) is 51.5 Å². The molecule has 5 aliphatic rings. The Morgan fingerprint density at radius 3 is 2.23 bits per heavy atom. The normalized spacial score (nSPS) is 42.0. The predicted octanol–water partition coefficient (Wildman–Crippen LogP) is 7.42. The van der Waals surface area contributed by atoms with Crippen LogP contribution in [0.15, 0.2) is 42.5 Å². The topological polar surface area (TPSA) is 153 Å². The molecule has 0 unspecified atom stereocenters. The van der Waals surface area contributed by atoms with Gasteiger partial charge in [-0.3, -0.25) is 9.59 Å². The first-order valence-corrected chi connectivity index (χ1v) is 23.4. The summed E-state index contributed by atoms with van der Waals surface area (Å²) in [5, 5.41) is 37.7. The Hall–Kier alpha value is -2.22. The fraction of sp³-hybridized carbons (Fsp3) is 0.796. The summed E-state index contributed by atoms with van der Waals surface area (Å²) < 4.78 is 34.0. The third kappa shape index (κ3) is 9.21. The van der Waals surface area contributed by atoms with Crippen LogP contribution in [0.1, 0.15) is 139 Å². The summed E-state index contributed by atoms with van der Waals surface area (Å²) in [5.41, 5.74) is -0.589. The van der Waals surface area contributed by atoms with E-state index in [4.69, 9.17) is 23.7 Å². The van der Waals surface area contributed by atoms with Gasteiger partial charge in [-0.25, -0.2) is 0 Å². The van der Waals surface area contributed by atoms with Gasteiger partial charge in [0.05, 0.1) is 53.7 Å². The Morgan fingerprint density at radius 2 is 1.58 bits per heavy atom. The second-order valence-corrected chi connectivity index (χ2v) is 19.8. The van der Waals surface area contributed by atoms with Crippen LogP contribution in [0.3, 0.4) is 0 Å². The Bertz CT molecular complexity index is 1640. The van der Waals surface area contributed by atoms with Crippen molar-refractivity contribution < 1.29 is 48.6 Å². The minimum absolute atomic E-state index is 0.0202. The molecule has 11 nitrogen and oxygen atoms in total. The van der Waals surface area contributed by atoms with E-state index >= 15 is 0 Å². The molecule has 18 atom stereocenters. The number of ketones is 1. The molecule has 0 aromatic heterocycles. The second kappa shape index (κ2) is 18.9. The van der Waals surface area contributed by atoms with E-state index in [-0.39, 0.29) is 65.7 Å². The standard InChI is InChI=1S/C49H77NO10/c1-11-36(45(54)50-28-35-17-15-14-16-18-35)38-20-19-29(4)43(57-38)33(8)41(52)32(7)42(53)37(12-2)44-30(5)27-31(6)48(58-44)24-21-39(51)49(60-48)26-25-46(10,59-49)40-22-23-47(55,13-3)34(9)56-40/h14-18,21,24,29-34,36-41,43-44,51-52,55H,11-13,19-20,22-23,25-28H2,1-10H3,(H,50,54)/t29-,30-,31+,32-,33-,34-,36+,37-,38+,39+,40+,41+,43+,44-,46-,47+,48-,49-/m0/s1. The van der Waals surface area contributed by atoms with Crippen molar-refractivity contribution in [1.29, 1.82) is 0 Å². The molecule has 4 saturated heterocycles. The van der Waals surface area contributed by atoms with Gasteiger partial charge < -0.3 is 44.3 Å². The van der Waals surface area contributed by atoms with E-state index in [9.17, 15) is 24.9 Å². The van der Waals surface area contributed by atoms with Crippen LogP contribution in [-0.4, -0.2) is 92.5 Å². The smallest absolute Gasteiger partial charge is 0.225 e. The van der Waals surface area contributed by atoms with Crippen LogP contribution < -0.4 is 5.32 Å². The number of amides is 1. The zero-order chi connectivity index (χ0) is 43.8. The number of aliphatic hydroxyl groups is 3. The number of ether oxygens (including phenoxy) is 5. The predicted molar refractivity (Wildman–Crippen MR) is 229 cm³/mol. The molecule has 11 heteroatoms. The first-order valence-electron chi connectivity index (χ1n) is 23.4. The van der Waals surface area contributed by atoms with Crippen molar-refractivity contribution in [3.05, 3.63) is 48.0 Å². The highest BCUT2D eigenvalue weighted by Gasteiger charge is 2.63. The number of hydrogen-bond donors (Lipinski definition) is 4. The third-order valence-corrected chi connectivity index (χ3v) is 15.8. The van der Waals surface area contributed by atoms with Crippen molar-refractivity contribution in [3.8, 4) is 0 Å². The minimum Gasteiger partial charge on any atom is -0.392 e. The van der Waals surface area contributed by atoms with Crippen LogP contribution in [0.25, 0.3) is 0 Å². The Kier molecular flexibility index (Phi) is 14.9. The van der Waals surface area contributed by atoms with Gasteiger partial charge in [0.2, 0.25) is 11.7 Å². The number of carbonyl (C=O) groups excluding carboxylic acids is 2. The van der Waals surface area contributed by atoms with Crippen molar-refractivity contribution in [2.24, 2.45) is 41.4 Å². The molecular formula is C49H77NO10. The molecule has 0 aliphatic carbocycles. The Morgan fingerprint density at radius 1 is 0.883 bits per heavy atom. The van der Waals surface area contributed by atoms with E-state index in [0.717, 1.165) is 24.8 Å². The number of aliphatic hydroxyl groups excluding tert-OH is 2. The van der Waals surface area contributed by atoms with Crippen LogP contribution in [0, 0.1) is 41.4 Å². The first-order chi connectivity index (χ1) is 28.4. The largest absolute Gasteiger partial charge is 0.392 e. The van der Waals surface area contributed by atoms with Gasteiger partial charge in [-0.1, -0.05) is 85.7 Å². The lowest BCUT2D eigenvalue weighted by molar-refractivity contribution is -0.409. The number of carbonyl (C=O) groups is 2. The fourth-order valence-corrected chi connectivity index (χ4v) is 11.4. The second-order valence-electron chi connectivity index (χ2n) is 19.8. The molecule has 2 spiro atoms. The highest BCUT2D eigenvalue weighted by atomic mass is 16.8. The lowest BCUT2D eigenvalue weighted by atomic mass is 9.72. The number of benzene rings is 1. The Balaban J connectivity index is 1.12. The lowest BCUT2D eigenvalue weighted by Crippen LogP contribution is -2.63. The highest BCUT2D eigenvalue weighted by molar-refractivity contribution is 5.84. The molecule has 0 saturated carbocycles. The minimum atomic E-state index is -1.37. The summed E-state index contributed by atoms with van der Waals surface area (Å²) in [6, 6.07) is 9.87. The molecule has 4 fully saturated rings. The van der Waals surface area contributed by atoms with Crippen molar-refractivity contribution >= 4 is 11.7 Å². The lowest BCUT2D eigenvalue weighted by Gasteiger charge is -2.54. The zero-order valence-corrected chi connectivity index (χ0v) is 38.1. The van der Waals surface area contributed by atoms with Gasteiger partial charge in [-0.05, 0) is 101 Å². The van der Waals surface area contributed by atoms with Gasteiger partial charge >= 0.3 is 0 Å². The van der Waals surface area contributed by atoms with Gasteiger partial charge in [0.15, 0.2) is 5.79 Å². The average molecular weight is 840 g/mol. The molecule has 0 radical (unpaired) electrons. The zero-order valence-electron chi connectivity index (χ0n) is 38.1. The average Bonchev–Trinajstić information content (AvgIpc) is 3.59. The quantitative estimate of drug-likeness (QED) is 0.139. The summed E-state index contributed by atoms with van der Waals surface area (Å²) in [5.74, 6) is -4.51. The molecule has 1 aromatic rings. The number of Topliss-reactive ketones (excluding diaryl/α,β-unsaturated/α-hetero) is 1. The van der Waals surface area contributed by atoms with Crippen molar-refractivity contribution in [2.45, 2.75) is 205 Å². The molecule has 6 rings (SSSR count). The molecule has 5 aliphatic heterocycles. The van der Waals surface area contributed by atoms with E-state index in [1.165, 1.54) is 0 Å². The summed E-state index contributed by atoms with van der Waals surface area (Å²) >= 11 is 0. The molecule has 1 amide bonds. The molecule has 5 heterocycles. The SMILES string of the molecule is CC[C@@H](C(=O)[C@@H](C)[C@@H](O)[C@H](C)[C@@H]1O[C@@H]([C@@H](CC)C(=O)NCc2ccccc2)CC[C@@H]1C)[C@H]1O[C@]2(C=C[C@@H](O)[C@]3(CC[C@@](C)([C@H]4CC[C@](O)(CC)[C@H](C)O4)O3)O2)[C@H](C)C[C@@H]1C. The van der Waals surface area contributed by atoms with Crippen molar-refractivity contribution in [1.82, 2.24) is 5.32 Å². The van der Waals surface area contributed by atoms with E-state index in [1.54, 1.807) is 6.08 Å². The summed E-state index contributed by atoms with van der Waals surface area (Å²) in [7, 11) is 0.